The van der Waals surface area contributed by atoms with Crippen molar-refractivity contribution in [3.05, 3.63) is 63.5 Å². The lowest BCUT2D eigenvalue weighted by molar-refractivity contribution is 0.103. The van der Waals surface area contributed by atoms with Crippen LogP contribution in [0.2, 0.25) is 0 Å². The number of carbonyl (C=O) groups excluding carboxylic acids is 1. The first-order valence-corrected chi connectivity index (χ1v) is 9.31. The maximum Gasteiger partial charge on any atom is 0.272 e. The molecule has 0 aliphatic rings. The molecule has 0 atom stereocenters. The lowest BCUT2D eigenvalue weighted by Crippen LogP contribution is -2.11. The van der Waals surface area contributed by atoms with E-state index in [0.717, 1.165) is 11.2 Å². The Balaban J connectivity index is 1.63. The summed E-state index contributed by atoms with van der Waals surface area (Å²) >= 11 is 1.30. The number of amides is 1. The van der Waals surface area contributed by atoms with Crippen molar-refractivity contribution in [2.24, 2.45) is 0 Å². The largest absolute Gasteiger partial charge is 0.321 e. The van der Waals surface area contributed by atoms with Crippen LogP contribution in [0.4, 0.5) is 5.69 Å². The molecule has 3 aromatic heterocycles. The van der Waals surface area contributed by atoms with Crippen LogP contribution >= 0.6 is 11.3 Å². The van der Waals surface area contributed by atoms with Crippen molar-refractivity contribution >= 4 is 33.8 Å². The molecule has 0 aliphatic heterocycles. The molecule has 1 aromatic carbocycles. The smallest absolute Gasteiger partial charge is 0.272 e. The van der Waals surface area contributed by atoms with E-state index in [0.29, 0.717) is 33.2 Å². The van der Waals surface area contributed by atoms with Crippen molar-refractivity contribution in [2.75, 3.05) is 5.32 Å². The topological polar surface area (TPSA) is 92.7 Å². The van der Waals surface area contributed by atoms with E-state index in [1.807, 2.05) is 31.2 Å². The standard InChI is InChI=1S/C19H17N5O2S/c1-3-24-15-8-7-12(10-13(15)17(25)23-24)22-18(26)16-11(2)21-19(27-16)14-6-4-5-9-20-14/h4-10H,3H2,1-2H3,(H,22,26)(H,23,25). The van der Waals surface area contributed by atoms with E-state index in [1.165, 1.54) is 11.3 Å². The van der Waals surface area contributed by atoms with E-state index < -0.39 is 0 Å². The molecule has 2 N–H and O–H groups in total. The van der Waals surface area contributed by atoms with Crippen molar-refractivity contribution < 1.29 is 4.79 Å². The van der Waals surface area contributed by atoms with Gasteiger partial charge in [-0.1, -0.05) is 6.07 Å². The molecular weight excluding hydrogens is 362 g/mol. The van der Waals surface area contributed by atoms with Gasteiger partial charge in [-0.2, -0.15) is 0 Å². The van der Waals surface area contributed by atoms with Crippen LogP contribution in [-0.2, 0) is 6.54 Å². The number of carbonyl (C=O) groups is 1. The minimum Gasteiger partial charge on any atom is -0.321 e. The first-order chi connectivity index (χ1) is 13.1. The fourth-order valence-corrected chi connectivity index (χ4v) is 3.86. The monoisotopic (exact) mass is 379 g/mol. The second-order valence-corrected chi connectivity index (χ2v) is 7.02. The first kappa shape index (κ1) is 17.2. The Morgan fingerprint density at radius 1 is 1.30 bits per heavy atom. The van der Waals surface area contributed by atoms with Gasteiger partial charge in [-0.25, -0.2) is 4.98 Å². The lowest BCUT2D eigenvalue weighted by atomic mass is 10.2. The van der Waals surface area contributed by atoms with E-state index in [-0.39, 0.29) is 11.5 Å². The molecule has 1 amide bonds. The van der Waals surface area contributed by atoms with Crippen LogP contribution in [0, 0.1) is 6.92 Å². The number of hydrogen-bond donors (Lipinski definition) is 2. The summed E-state index contributed by atoms with van der Waals surface area (Å²) in [6, 6.07) is 10.9. The van der Waals surface area contributed by atoms with Crippen molar-refractivity contribution in [3.8, 4) is 10.7 Å². The SMILES string of the molecule is CCn1[nH]c(=O)c2cc(NC(=O)c3sc(-c4ccccn4)nc3C)ccc21. The second-order valence-electron chi connectivity index (χ2n) is 6.02. The number of aryl methyl sites for hydroxylation is 2. The molecule has 8 heteroatoms. The highest BCUT2D eigenvalue weighted by atomic mass is 32.1. The Morgan fingerprint density at radius 3 is 2.89 bits per heavy atom. The van der Waals surface area contributed by atoms with Crippen LogP contribution in [0.15, 0.2) is 47.4 Å². The fraction of sp³-hybridized carbons (Fsp3) is 0.158. The number of aromatic amines is 1. The number of fused-ring (bicyclic) bond motifs is 1. The number of anilines is 1. The minimum absolute atomic E-state index is 0.172. The molecule has 0 fully saturated rings. The highest BCUT2D eigenvalue weighted by Gasteiger charge is 2.17. The normalized spacial score (nSPS) is 11.0. The Kier molecular flexibility index (Phi) is 4.33. The summed E-state index contributed by atoms with van der Waals surface area (Å²) < 4.78 is 1.77. The summed E-state index contributed by atoms with van der Waals surface area (Å²) in [5, 5.41) is 6.88. The minimum atomic E-state index is -0.252. The number of aromatic nitrogens is 4. The molecule has 0 saturated carbocycles. The third kappa shape index (κ3) is 3.15. The molecule has 136 valence electrons. The van der Waals surface area contributed by atoms with Crippen molar-refractivity contribution in [3.63, 3.8) is 0 Å². The molecule has 0 spiro atoms. The van der Waals surface area contributed by atoms with Crippen molar-refractivity contribution in [1.29, 1.82) is 0 Å². The zero-order valence-corrected chi connectivity index (χ0v) is 15.6. The van der Waals surface area contributed by atoms with Gasteiger partial charge in [0.05, 0.1) is 22.3 Å². The summed E-state index contributed by atoms with van der Waals surface area (Å²) in [7, 11) is 0. The summed E-state index contributed by atoms with van der Waals surface area (Å²) in [5.41, 5.74) is 2.59. The van der Waals surface area contributed by atoms with Crippen LogP contribution in [0.5, 0.6) is 0 Å². The Labute approximate surface area is 158 Å². The summed E-state index contributed by atoms with van der Waals surface area (Å²) in [5.74, 6) is -0.252. The summed E-state index contributed by atoms with van der Waals surface area (Å²) in [4.78, 5) is 34.0. The zero-order chi connectivity index (χ0) is 19.0. The van der Waals surface area contributed by atoms with Gasteiger partial charge in [-0.05, 0) is 44.2 Å². The first-order valence-electron chi connectivity index (χ1n) is 8.49. The molecule has 0 aliphatic carbocycles. The van der Waals surface area contributed by atoms with Gasteiger partial charge in [0, 0.05) is 18.4 Å². The molecule has 3 heterocycles. The van der Waals surface area contributed by atoms with E-state index in [9.17, 15) is 9.59 Å². The number of thiazole rings is 1. The number of nitrogens with one attached hydrogen (secondary N) is 2. The van der Waals surface area contributed by atoms with Crippen LogP contribution < -0.4 is 10.9 Å². The molecule has 0 saturated heterocycles. The van der Waals surface area contributed by atoms with E-state index in [2.05, 4.69) is 20.4 Å². The maximum absolute atomic E-state index is 12.7. The maximum atomic E-state index is 12.7. The third-order valence-corrected chi connectivity index (χ3v) is 5.41. The average molecular weight is 379 g/mol. The average Bonchev–Trinajstić information content (AvgIpc) is 3.22. The second kappa shape index (κ2) is 6.81. The van der Waals surface area contributed by atoms with E-state index >= 15 is 0 Å². The van der Waals surface area contributed by atoms with Gasteiger partial charge in [0.15, 0.2) is 0 Å². The highest BCUT2D eigenvalue weighted by molar-refractivity contribution is 7.17. The predicted molar refractivity (Wildman–Crippen MR) is 106 cm³/mol. The highest BCUT2D eigenvalue weighted by Crippen LogP contribution is 2.27. The number of hydrogen-bond acceptors (Lipinski definition) is 5. The fourth-order valence-electron chi connectivity index (χ4n) is 2.92. The van der Waals surface area contributed by atoms with E-state index in [4.69, 9.17) is 0 Å². The van der Waals surface area contributed by atoms with Crippen molar-refractivity contribution in [1.82, 2.24) is 19.7 Å². The number of rotatable bonds is 4. The van der Waals surface area contributed by atoms with Gasteiger partial charge < -0.3 is 5.32 Å². The molecule has 7 nitrogen and oxygen atoms in total. The van der Waals surface area contributed by atoms with Crippen molar-refractivity contribution in [2.45, 2.75) is 20.4 Å². The van der Waals surface area contributed by atoms with Crippen LogP contribution in [-0.4, -0.2) is 25.7 Å². The molecular formula is C19H17N5O2S. The predicted octanol–water partition coefficient (Wildman–Crippen LogP) is 3.43. The Bertz CT molecular complexity index is 1190. The van der Waals surface area contributed by atoms with Gasteiger partial charge in [0.2, 0.25) is 0 Å². The van der Waals surface area contributed by atoms with Crippen LogP contribution in [0.25, 0.3) is 21.6 Å². The Morgan fingerprint density at radius 2 is 2.15 bits per heavy atom. The number of benzene rings is 1. The molecule has 4 rings (SSSR count). The molecule has 27 heavy (non-hydrogen) atoms. The van der Waals surface area contributed by atoms with Gasteiger partial charge in [-0.15, -0.1) is 11.3 Å². The van der Waals surface area contributed by atoms with Crippen LogP contribution in [0.1, 0.15) is 22.3 Å². The number of nitrogens with zero attached hydrogens (tertiary/aromatic N) is 3. The van der Waals surface area contributed by atoms with E-state index in [1.54, 1.807) is 29.9 Å². The Hall–Kier alpha value is -3.26. The molecule has 4 aromatic rings. The number of pyridine rings is 1. The zero-order valence-electron chi connectivity index (χ0n) is 14.8. The van der Waals surface area contributed by atoms with Gasteiger partial charge in [0.1, 0.15) is 9.88 Å². The molecule has 0 bridgehead atoms. The summed E-state index contributed by atoms with van der Waals surface area (Å²) in [6.45, 7) is 4.42. The molecule has 0 unspecified atom stereocenters. The quantitative estimate of drug-likeness (QED) is 0.568. The lowest BCUT2D eigenvalue weighted by Gasteiger charge is -2.05. The van der Waals surface area contributed by atoms with Gasteiger partial charge in [0.25, 0.3) is 11.5 Å². The van der Waals surface area contributed by atoms with Crippen LogP contribution in [0.3, 0.4) is 0 Å². The third-order valence-electron chi connectivity index (χ3n) is 4.23. The molecule has 0 radical (unpaired) electrons. The summed E-state index contributed by atoms with van der Waals surface area (Å²) in [6.07, 6.45) is 1.70. The van der Waals surface area contributed by atoms with Gasteiger partial charge >= 0.3 is 0 Å². The number of H-pyrrole nitrogens is 1. The van der Waals surface area contributed by atoms with Gasteiger partial charge in [-0.3, -0.25) is 24.4 Å².